The van der Waals surface area contributed by atoms with Crippen molar-refractivity contribution in [1.82, 2.24) is 15.0 Å². The van der Waals surface area contributed by atoms with E-state index in [1.807, 2.05) is 73.6 Å². The van der Waals surface area contributed by atoms with Crippen molar-refractivity contribution in [3.8, 4) is 0 Å². The van der Waals surface area contributed by atoms with E-state index in [2.05, 4.69) is 15.0 Å². The minimum atomic E-state index is 0.500. The summed E-state index contributed by atoms with van der Waals surface area (Å²) in [6.07, 6.45) is 11.2. The maximum atomic E-state index is 9.50. The fourth-order valence-electron chi connectivity index (χ4n) is 0.833. The Labute approximate surface area is 102 Å². The van der Waals surface area contributed by atoms with Crippen LogP contribution in [0.1, 0.15) is 0 Å². The second-order valence-electron chi connectivity index (χ2n) is 2.65. The highest BCUT2D eigenvalue weighted by atomic mass is 19.1. The summed E-state index contributed by atoms with van der Waals surface area (Å²) < 4.78 is 9.50. The number of H-pyrrole nitrogens is 3. The lowest BCUT2D eigenvalue weighted by Gasteiger charge is -1.49. The van der Waals surface area contributed by atoms with E-state index in [-0.39, 0.29) is 0 Å². The lowest BCUT2D eigenvalue weighted by molar-refractivity contribution is 0.902. The third-order valence-corrected chi connectivity index (χ3v) is 1.49. The summed E-state index contributed by atoms with van der Waals surface area (Å²) >= 11 is 0. The standard InChI is InChI=1S/3C4H5N.BFH2/c3*1-2-4-5-3-1;1-2/h3*1-5H;1H2. The van der Waals surface area contributed by atoms with Crippen LogP contribution in [-0.2, 0) is 0 Å². The zero-order valence-electron chi connectivity index (χ0n) is 9.81. The summed E-state index contributed by atoms with van der Waals surface area (Å²) in [6.45, 7) is 0. The number of aromatic amines is 3. The maximum absolute atomic E-state index is 9.50. The predicted octanol–water partition coefficient (Wildman–Crippen LogP) is 2.55. The third kappa shape index (κ3) is 11.8. The minimum Gasteiger partial charge on any atom is -0.368 e. The Morgan fingerprint density at radius 3 is 0.706 bits per heavy atom. The van der Waals surface area contributed by atoms with E-state index in [0.717, 1.165) is 0 Å². The summed E-state index contributed by atoms with van der Waals surface area (Å²) in [4.78, 5) is 8.58. The molecule has 0 saturated carbocycles. The van der Waals surface area contributed by atoms with E-state index in [1.54, 1.807) is 0 Å². The van der Waals surface area contributed by atoms with Gasteiger partial charge in [0.2, 0.25) is 0 Å². The number of rotatable bonds is 0. The highest BCUT2D eigenvalue weighted by molar-refractivity contribution is 5.96. The quantitative estimate of drug-likeness (QED) is 0.500. The van der Waals surface area contributed by atoms with Gasteiger partial charge < -0.3 is 19.3 Å². The molecular weight excluding hydrogens is 216 g/mol. The molecule has 0 amide bonds. The molecule has 5 heteroatoms. The average molecular weight is 233 g/mol. The molecule has 0 spiro atoms. The highest BCUT2D eigenvalue weighted by Gasteiger charge is 1.56. The molecule has 0 atom stereocenters. The van der Waals surface area contributed by atoms with Crippen LogP contribution in [0.25, 0.3) is 0 Å². The molecule has 0 aliphatic rings. The van der Waals surface area contributed by atoms with Gasteiger partial charge >= 0.3 is 8.12 Å². The zero-order valence-corrected chi connectivity index (χ0v) is 9.81. The summed E-state index contributed by atoms with van der Waals surface area (Å²) in [5.74, 6) is 0. The normalized spacial score (nSPS) is 7.35. The van der Waals surface area contributed by atoms with Gasteiger partial charge in [-0.15, -0.1) is 0 Å². The molecule has 90 valence electrons. The SMILES string of the molecule is BF.c1cc[nH]c1.c1cc[nH]c1.c1cc[nH]c1. The molecule has 0 aliphatic carbocycles. The van der Waals surface area contributed by atoms with Gasteiger partial charge in [-0.3, -0.25) is 0 Å². The molecular formula is C12H17BFN3. The molecule has 0 fully saturated rings. The maximum Gasteiger partial charge on any atom is 0.314 e. The Bertz CT molecular complexity index is 254. The van der Waals surface area contributed by atoms with Crippen LogP contribution in [0, 0.1) is 0 Å². The second kappa shape index (κ2) is 13.8. The van der Waals surface area contributed by atoms with Gasteiger partial charge in [0.25, 0.3) is 0 Å². The summed E-state index contributed by atoms with van der Waals surface area (Å²) in [5.41, 5.74) is 0. The van der Waals surface area contributed by atoms with Gasteiger partial charge in [0, 0.05) is 37.2 Å². The van der Waals surface area contributed by atoms with E-state index in [9.17, 15) is 4.32 Å². The molecule has 0 bridgehead atoms. The molecule has 0 unspecified atom stereocenters. The largest absolute Gasteiger partial charge is 0.368 e. The van der Waals surface area contributed by atoms with Crippen LogP contribution in [-0.4, -0.2) is 23.1 Å². The van der Waals surface area contributed by atoms with Gasteiger partial charge in [0.05, 0.1) is 0 Å². The molecule has 3 aromatic heterocycles. The molecule has 3 rings (SSSR count). The molecule has 0 aromatic carbocycles. The van der Waals surface area contributed by atoms with Crippen molar-refractivity contribution in [1.29, 1.82) is 0 Å². The van der Waals surface area contributed by atoms with Crippen LogP contribution in [0.3, 0.4) is 0 Å². The highest BCUT2D eigenvalue weighted by Crippen LogP contribution is 1.73. The van der Waals surface area contributed by atoms with Crippen molar-refractivity contribution in [2.75, 3.05) is 0 Å². The molecule has 0 saturated heterocycles. The van der Waals surface area contributed by atoms with E-state index in [0.29, 0.717) is 8.12 Å². The van der Waals surface area contributed by atoms with Crippen LogP contribution in [0.2, 0.25) is 0 Å². The van der Waals surface area contributed by atoms with Crippen molar-refractivity contribution in [3.05, 3.63) is 73.6 Å². The third-order valence-electron chi connectivity index (χ3n) is 1.49. The van der Waals surface area contributed by atoms with E-state index in [1.165, 1.54) is 0 Å². The molecule has 3 heterocycles. The first kappa shape index (κ1) is 14.8. The Balaban J connectivity index is 0.000000211. The zero-order chi connectivity index (χ0) is 12.6. The number of halogens is 1. The van der Waals surface area contributed by atoms with Crippen LogP contribution in [0.5, 0.6) is 0 Å². The van der Waals surface area contributed by atoms with Crippen LogP contribution >= 0.6 is 0 Å². The number of hydrogen-bond donors (Lipinski definition) is 3. The fraction of sp³-hybridized carbons (Fsp3) is 0. The molecule has 3 nitrogen and oxygen atoms in total. The topological polar surface area (TPSA) is 47.4 Å². The Morgan fingerprint density at radius 1 is 0.471 bits per heavy atom. The van der Waals surface area contributed by atoms with Gasteiger partial charge in [0.1, 0.15) is 0 Å². The van der Waals surface area contributed by atoms with Crippen LogP contribution in [0.15, 0.2) is 73.6 Å². The predicted molar refractivity (Wildman–Crippen MR) is 72.0 cm³/mol. The van der Waals surface area contributed by atoms with Gasteiger partial charge in [-0.1, -0.05) is 0 Å². The Hall–Kier alpha value is -2.17. The molecule has 3 N–H and O–H groups in total. The smallest absolute Gasteiger partial charge is 0.314 e. The molecule has 3 aromatic rings. The first-order valence-corrected chi connectivity index (χ1v) is 5.11. The Morgan fingerprint density at radius 2 is 0.647 bits per heavy atom. The fourth-order valence-corrected chi connectivity index (χ4v) is 0.833. The van der Waals surface area contributed by atoms with E-state index in [4.69, 9.17) is 0 Å². The van der Waals surface area contributed by atoms with Crippen molar-refractivity contribution >= 4 is 8.12 Å². The van der Waals surface area contributed by atoms with E-state index >= 15 is 0 Å². The van der Waals surface area contributed by atoms with Crippen LogP contribution in [0.4, 0.5) is 4.32 Å². The van der Waals surface area contributed by atoms with Crippen molar-refractivity contribution in [2.45, 2.75) is 0 Å². The summed E-state index contributed by atoms with van der Waals surface area (Å²) in [6, 6.07) is 11.7. The van der Waals surface area contributed by atoms with Crippen molar-refractivity contribution in [3.63, 3.8) is 0 Å². The first-order chi connectivity index (χ1) is 8.50. The van der Waals surface area contributed by atoms with Crippen molar-refractivity contribution < 1.29 is 4.32 Å². The number of aromatic nitrogens is 3. The van der Waals surface area contributed by atoms with Gasteiger partial charge in [0.15, 0.2) is 0 Å². The molecule has 0 radical (unpaired) electrons. The minimum absolute atomic E-state index is 0.500. The van der Waals surface area contributed by atoms with Crippen molar-refractivity contribution in [2.24, 2.45) is 0 Å². The lowest BCUT2D eigenvalue weighted by atomic mass is 10.7. The average Bonchev–Trinajstić information content (AvgIpc) is 3.16. The molecule has 17 heavy (non-hydrogen) atoms. The Kier molecular flexibility index (Phi) is 12.1. The van der Waals surface area contributed by atoms with E-state index < -0.39 is 0 Å². The number of nitrogens with one attached hydrogen (secondary N) is 3. The van der Waals surface area contributed by atoms with Gasteiger partial charge in [-0.2, -0.15) is 0 Å². The summed E-state index contributed by atoms with van der Waals surface area (Å²) in [5, 5.41) is 0. The second-order valence-corrected chi connectivity index (χ2v) is 2.65. The van der Waals surface area contributed by atoms with Gasteiger partial charge in [-0.25, -0.2) is 0 Å². The molecule has 0 aliphatic heterocycles. The summed E-state index contributed by atoms with van der Waals surface area (Å²) in [7, 11) is 0.500. The number of hydrogen-bond acceptors (Lipinski definition) is 0. The monoisotopic (exact) mass is 233 g/mol. The van der Waals surface area contributed by atoms with Crippen LogP contribution < -0.4 is 0 Å². The first-order valence-electron chi connectivity index (χ1n) is 5.11. The lowest BCUT2D eigenvalue weighted by Crippen LogP contribution is -1.38. The van der Waals surface area contributed by atoms with Gasteiger partial charge in [-0.05, 0) is 36.4 Å².